The molecule has 0 saturated heterocycles. The standard InChI is InChI=1S/C24H41N5O10/c1-13(20(32)27-15(3)22(34)35)25-18(30)10-11-19(31)26-14(2)21(33)28-16(4)23(36)39-29-24(37)38-12-17-8-6-5-7-9-17/h5-9,13-16,18-21,25-28,30-33H,10-12H2,1-4H3,(H,29,37)(H,34,35). The number of carboxylic acid groups (broad SMARTS) is 1. The van der Waals surface area contributed by atoms with Gasteiger partial charge in [0.2, 0.25) is 0 Å². The van der Waals surface area contributed by atoms with Crippen LogP contribution >= 0.6 is 0 Å². The molecule has 0 aliphatic carbocycles. The summed E-state index contributed by atoms with van der Waals surface area (Å²) in [6, 6.07) is 5.43. The Hall–Kier alpha value is -2.89. The Morgan fingerprint density at radius 3 is 1.74 bits per heavy atom. The second-order valence-electron chi connectivity index (χ2n) is 9.11. The van der Waals surface area contributed by atoms with Gasteiger partial charge in [-0.05, 0) is 46.1 Å². The zero-order chi connectivity index (χ0) is 29.5. The maximum absolute atomic E-state index is 12.1. The predicted octanol–water partition coefficient (Wildman–Crippen LogP) is -1.58. The summed E-state index contributed by atoms with van der Waals surface area (Å²) in [5.41, 5.74) is 2.62. The summed E-state index contributed by atoms with van der Waals surface area (Å²) in [5, 5.41) is 59.9. The number of ether oxygens (including phenoxy) is 1. The summed E-state index contributed by atoms with van der Waals surface area (Å²) in [6.45, 7) is 5.84. The highest BCUT2D eigenvalue weighted by atomic mass is 16.7. The molecular weight excluding hydrogens is 518 g/mol. The van der Waals surface area contributed by atoms with Crippen molar-refractivity contribution in [3.63, 3.8) is 0 Å². The second kappa shape index (κ2) is 17.6. The smallest absolute Gasteiger partial charge is 0.441 e. The van der Waals surface area contributed by atoms with Crippen LogP contribution in [0.25, 0.3) is 0 Å². The normalized spacial score (nSPS) is 17.5. The van der Waals surface area contributed by atoms with E-state index in [1.807, 2.05) is 11.5 Å². The molecule has 1 aromatic rings. The second-order valence-corrected chi connectivity index (χ2v) is 9.11. The number of carbonyl (C=O) groups is 3. The molecule has 1 aromatic carbocycles. The monoisotopic (exact) mass is 559 g/mol. The average molecular weight is 560 g/mol. The first-order valence-electron chi connectivity index (χ1n) is 12.5. The lowest BCUT2D eigenvalue weighted by atomic mass is 10.2. The number of hydrogen-bond donors (Lipinski definition) is 10. The minimum absolute atomic E-state index is 0.0143. The Morgan fingerprint density at radius 2 is 1.26 bits per heavy atom. The quantitative estimate of drug-likeness (QED) is 0.0767. The van der Waals surface area contributed by atoms with Crippen LogP contribution in [0, 0.1) is 0 Å². The van der Waals surface area contributed by atoms with E-state index in [1.165, 1.54) is 13.8 Å². The fraction of sp³-hybridized carbons (Fsp3) is 0.625. The van der Waals surface area contributed by atoms with Crippen molar-refractivity contribution in [2.24, 2.45) is 0 Å². The zero-order valence-corrected chi connectivity index (χ0v) is 22.4. The van der Waals surface area contributed by atoms with Crippen molar-refractivity contribution >= 4 is 18.0 Å². The molecule has 222 valence electrons. The molecule has 1 rings (SSSR count). The van der Waals surface area contributed by atoms with Gasteiger partial charge in [-0.2, -0.15) is 0 Å². The van der Waals surface area contributed by atoms with E-state index in [-0.39, 0.29) is 19.4 Å². The van der Waals surface area contributed by atoms with Crippen LogP contribution in [0.5, 0.6) is 0 Å². The first-order valence-corrected chi connectivity index (χ1v) is 12.5. The number of rotatable bonds is 17. The van der Waals surface area contributed by atoms with Crippen molar-refractivity contribution in [2.75, 3.05) is 0 Å². The molecule has 0 fully saturated rings. The SMILES string of the molecule is CC(NC(O)C(C)NC(O)CCC(O)NC(C)C(O)NC(C)C(=O)ONC(=O)OCc1ccccc1)C(=O)O. The highest BCUT2D eigenvalue weighted by Gasteiger charge is 2.25. The molecule has 0 aliphatic heterocycles. The van der Waals surface area contributed by atoms with Gasteiger partial charge in [0.05, 0.1) is 0 Å². The third kappa shape index (κ3) is 14.2. The lowest BCUT2D eigenvalue weighted by Crippen LogP contribution is -2.54. The molecule has 0 bridgehead atoms. The Morgan fingerprint density at radius 1 is 0.769 bits per heavy atom. The van der Waals surface area contributed by atoms with Crippen LogP contribution in [0.3, 0.4) is 0 Å². The summed E-state index contributed by atoms with van der Waals surface area (Å²) in [5.74, 6) is -2.03. The molecule has 10 N–H and O–H groups in total. The number of benzene rings is 1. The topological polar surface area (TPSA) is 231 Å². The van der Waals surface area contributed by atoms with E-state index >= 15 is 0 Å². The van der Waals surface area contributed by atoms with Crippen molar-refractivity contribution < 1.29 is 49.5 Å². The summed E-state index contributed by atoms with van der Waals surface area (Å²) in [7, 11) is 0. The zero-order valence-electron chi connectivity index (χ0n) is 22.4. The molecule has 8 unspecified atom stereocenters. The number of aliphatic carboxylic acids is 1. The lowest BCUT2D eigenvalue weighted by Gasteiger charge is -2.28. The predicted molar refractivity (Wildman–Crippen MR) is 137 cm³/mol. The molecular formula is C24H41N5O10. The van der Waals surface area contributed by atoms with Gasteiger partial charge < -0.3 is 35.1 Å². The highest BCUT2D eigenvalue weighted by Crippen LogP contribution is 2.04. The summed E-state index contributed by atoms with van der Waals surface area (Å²) in [4.78, 5) is 39.3. The van der Waals surface area contributed by atoms with E-state index < -0.39 is 67.1 Å². The van der Waals surface area contributed by atoms with E-state index in [4.69, 9.17) is 9.84 Å². The Kier molecular flexibility index (Phi) is 15.4. The van der Waals surface area contributed by atoms with E-state index in [2.05, 4.69) is 26.1 Å². The number of hydrogen-bond acceptors (Lipinski definition) is 13. The number of carboxylic acids is 1. The summed E-state index contributed by atoms with van der Waals surface area (Å²) in [6.07, 6.45) is -5.64. The summed E-state index contributed by atoms with van der Waals surface area (Å²) >= 11 is 0. The maximum atomic E-state index is 12.1. The van der Waals surface area contributed by atoms with Crippen LogP contribution in [-0.4, -0.2) is 92.6 Å². The van der Waals surface area contributed by atoms with E-state index in [9.17, 15) is 34.8 Å². The van der Waals surface area contributed by atoms with Gasteiger partial charge in [-0.1, -0.05) is 30.3 Å². The van der Waals surface area contributed by atoms with Gasteiger partial charge in [0.25, 0.3) is 0 Å². The third-order valence-electron chi connectivity index (χ3n) is 5.58. The first kappa shape index (κ1) is 34.1. The van der Waals surface area contributed by atoms with Crippen molar-refractivity contribution in [2.45, 2.75) is 96.2 Å². The van der Waals surface area contributed by atoms with E-state index in [0.717, 1.165) is 5.56 Å². The number of carbonyl (C=O) groups excluding carboxylic acids is 2. The molecule has 0 aromatic heterocycles. The fourth-order valence-corrected chi connectivity index (χ4v) is 3.14. The molecule has 15 heteroatoms. The number of hydroxylamine groups is 1. The van der Waals surface area contributed by atoms with Crippen LogP contribution in [0.4, 0.5) is 4.79 Å². The van der Waals surface area contributed by atoms with Gasteiger partial charge in [-0.15, -0.1) is 5.48 Å². The van der Waals surface area contributed by atoms with Crippen LogP contribution in [0.15, 0.2) is 30.3 Å². The molecule has 0 spiro atoms. The van der Waals surface area contributed by atoms with Gasteiger partial charge in [0, 0.05) is 12.1 Å². The minimum atomic E-state index is -1.30. The third-order valence-corrected chi connectivity index (χ3v) is 5.58. The fourth-order valence-electron chi connectivity index (χ4n) is 3.14. The van der Waals surface area contributed by atoms with Gasteiger partial charge in [0.1, 0.15) is 43.6 Å². The number of aliphatic hydroxyl groups is 4. The van der Waals surface area contributed by atoms with Crippen LogP contribution in [-0.2, 0) is 25.8 Å². The van der Waals surface area contributed by atoms with Crippen molar-refractivity contribution in [1.29, 1.82) is 0 Å². The first-order chi connectivity index (χ1) is 18.3. The molecule has 0 aliphatic rings. The molecule has 0 saturated carbocycles. The minimum Gasteiger partial charge on any atom is -0.480 e. The lowest BCUT2D eigenvalue weighted by molar-refractivity contribution is -0.153. The van der Waals surface area contributed by atoms with Crippen LogP contribution in [0.2, 0.25) is 0 Å². The van der Waals surface area contributed by atoms with Gasteiger partial charge in [0.15, 0.2) is 0 Å². The van der Waals surface area contributed by atoms with Crippen molar-refractivity contribution in [1.82, 2.24) is 26.7 Å². The Labute approximate surface area is 226 Å². The van der Waals surface area contributed by atoms with E-state index in [1.54, 1.807) is 38.1 Å². The Bertz CT molecular complexity index is 880. The molecule has 8 atom stereocenters. The van der Waals surface area contributed by atoms with E-state index in [0.29, 0.717) is 0 Å². The van der Waals surface area contributed by atoms with Crippen molar-refractivity contribution in [3.8, 4) is 0 Å². The average Bonchev–Trinajstić information content (AvgIpc) is 2.89. The largest absolute Gasteiger partial charge is 0.480 e. The maximum Gasteiger partial charge on any atom is 0.441 e. The van der Waals surface area contributed by atoms with Crippen LogP contribution < -0.4 is 26.7 Å². The number of amides is 1. The van der Waals surface area contributed by atoms with Gasteiger partial charge in [-0.25, -0.2) is 9.59 Å². The molecule has 0 radical (unpaired) electrons. The Balaban J connectivity index is 2.30. The molecule has 1 amide bonds. The number of nitrogens with one attached hydrogen (secondary N) is 5. The number of aliphatic hydroxyl groups excluding tert-OH is 4. The highest BCUT2D eigenvalue weighted by molar-refractivity contribution is 5.77. The van der Waals surface area contributed by atoms with Gasteiger partial charge in [-0.3, -0.25) is 26.1 Å². The summed E-state index contributed by atoms with van der Waals surface area (Å²) < 4.78 is 4.92. The van der Waals surface area contributed by atoms with Crippen molar-refractivity contribution in [3.05, 3.63) is 35.9 Å². The molecule has 0 heterocycles. The van der Waals surface area contributed by atoms with Gasteiger partial charge >= 0.3 is 18.0 Å². The molecule has 15 nitrogen and oxygen atoms in total. The van der Waals surface area contributed by atoms with Crippen LogP contribution in [0.1, 0.15) is 46.1 Å². The molecule has 39 heavy (non-hydrogen) atoms.